The first-order valence-corrected chi connectivity index (χ1v) is 9.70. The van der Waals surface area contributed by atoms with Crippen LogP contribution in [-0.2, 0) is 19.1 Å². The summed E-state index contributed by atoms with van der Waals surface area (Å²) in [5.74, 6) is -1.40. The number of hydrogen-bond donors (Lipinski definition) is 0. The molecule has 0 bridgehead atoms. The molecule has 0 aromatic carbocycles. The number of allylic oxidation sites excluding steroid dienone is 1. The van der Waals surface area contributed by atoms with Gasteiger partial charge in [0.25, 0.3) is 0 Å². The maximum atomic E-state index is 12.3. The van der Waals surface area contributed by atoms with E-state index in [-0.39, 0.29) is 17.9 Å². The Balaban J connectivity index is 2.32. The van der Waals surface area contributed by atoms with E-state index >= 15 is 0 Å². The minimum absolute atomic E-state index is 0.245. The van der Waals surface area contributed by atoms with E-state index in [1.807, 2.05) is 12.2 Å². The third-order valence-electron chi connectivity index (χ3n) is 4.48. The minimum atomic E-state index is -0.479. The highest BCUT2D eigenvalue weighted by Gasteiger charge is 2.35. The van der Waals surface area contributed by atoms with Crippen molar-refractivity contribution in [1.29, 1.82) is 0 Å². The first kappa shape index (κ1) is 20.7. The fourth-order valence-electron chi connectivity index (χ4n) is 2.92. The van der Waals surface area contributed by atoms with Crippen LogP contribution in [0.15, 0.2) is 12.2 Å². The Kier molecular flexibility index (Phi) is 11.2. The number of hydrogen-bond acceptors (Lipinski definition) is 4. The van der Waals surface area contributed by atoms with Gasteiger partial charge in [0.1, 0.15) is 0 Å². The zero-order chi connectivity index (χ0) is 17.6. The summed E-state index contributed by atoms with van der Waals surface area (Å²) in [5, 5.41) is 0. The predicted molar refractivity (Wildman–Crippen MR) is 95.6 cm³/mol. The van der Waals surface area contributed by atoms with Gasteiger partial charge in [0.05, 0.1) is 25.0 Å². The van der Waals surface area contributed by atoms with E-state index in [0.717, 1.165) is 32.1 Å². The molecule has 4 nitrogen and oxygen atoms in total. The molecule has 1 aliphatic rings. The SMILES string of the molecule is CCCCCCCCOC(=O)C1CCC=CC1C(=O)OCCCC. The molecule has 0 aliphatic heterocycles. The molecule has 0 spiro atoms. The Morgan fingerprint density at radius 1 is 0.875 bits per heavy atom. The number of ether oxygens (including phenoxy) is 2. The first-order valence-electron chi connectivity index (χ1n) is 9.70. The van der Waals surface area contributed by atoms with Gasteiger partial charge < -0.3 is 9.47 Å². The lowest BCUT2D eigenvalue weighted by atomic mass is 9.84. The van der Waals surface area contributed by atoms with Crippen molar-refractivity contribution < 1.29 is 19.1 Å². The molecule has 4 heteroatoms. The Hall–Kier alpha value is -1.32. The van der Waals surface area contributed by atoms with Crippen LogP contribution in [0.25, 0.3) is 0 Å². The van der Waals surface area contributed by atoms with E-state index in [1.54, 1.807) is 0 Å². The van der Waals surface area contributed by atoms with Crippen LogP contribution < -0.4 is 0 Å². The summed E-state index contributed by atoms with van der Waals surface area (Å²) in [7, 11) is 0. The minimum Gasteiger partial charge on any atom is -0.465 e. The third kappa shape index (κ3) is 7.98. The zero-order valence-corrected chi connectivity index (χ0v) is 15.4. The second kappa shape index (κ2) is 13.0. The second-order valence-corrected chi connectivity index (χ2v) is 6.59. The van der Waals surface area contributed by atoms with Gasteiger partial charge in [0, 0.05) is 0 Å². The molecule has 2 atom stereocenters. The van der Waals surface area contributed by atoms with Gasteiger partial charge in [0.15, 0.2) is 0 Å². The van der Waals surface area contributed by atoms with E-state index < -0.39 is 5.92 Å². The largest absolute Gasteiger partial charge is 0.465 e. The summed E-state index contributed by atoms with van der Waals surface area (Å²) >= 11 is 0. The molecule has 0 aromatic rings. The molecule has 0 aromatic heterocycles. The molecular weight excluding hydrogens is 304 g/mol. The van der Waals surface area contributed by atoms with Crippen LogP contribution in [-0.4, -0.2) is 25.2 Å². The Labute approximate surface area is 147 Å². The van der Waals surface area contributed by atoms with E-state index in [0.29, 0.717) is 19.6 Å². The monoisotopic (exact) mass is 338 g/mol. The van der Waals surface area contributed by atoms with Gasteiger partial charge in [-0.3, -0.25) is 9.59 Å². The fourth-order valence-corrected chi connectivity index (χ4v) is 2.92. The average molecular weight is 338 g/mol. The van der Waals surface area contributed by atoms with Crippen LogP contribution in [0.1, 0.15) is 78.1 Å². The first-order chi connectivity index (χ1) is 11.7. The third-order valence-corrected chi connectivity index (χ3v) is 4.48. The van der Waals surface area contributed by atoms with Crippen molar-refractivity contribution in [3.63, 3.8) is 0 Å². The molecule has 0 saturated carbocycles. The number of carbonyl (C=O) groups excluding carboxylic acids is 2. The highest BCUT2D eigenvalue weighted by atomic mass is 16.5. The summed E-state index contributed by atoms with van der Waals surface area (Å²) in [6.07, 6.45) is 14.1. The number of unbranched alkanes of at least 4 members (excludes halogenated alkanes) is 6. The summed E-state index contributed by atoms with van der Waals surface area (Å²) in [6.45, 7) is 5.14. The summed E-state index contributed by atoms with van der Waals surface area (Å²) in [4.78, 5) is 24.5. The van der Waals surface area contributed by atoms with Crippen LogP contribution in [0.4, 0.5) is 0 Å². The maximum absolute atomic E-state index is 12.3. The predicted octanol–water partition coefficient (Wildman–Crippen LogP) is 4.82. The number of esters is 2. The van der Waals surface area contributed by atoms with E-state index in [4.69, 9.17) is 9.47 Å². The van der Waals surface area contributed by atoms with Crippen LogP contribution in [0.3, 0.4) is 0 Å². The molecule has 1 rings (SSSR count). The van der Waals surface area contributed by atoms with Crippen LogP contribution >= 0.6 is 0 Å². The Morgan fingerprint density at radius 2 is 1.50 bits per heavy atom. The molecule has 0 N–H and O–H groups in total. The van der Waals surface area contributed by atoms with Crippen LogP contribution in [0.2, 0.25) is 0 Å². The molecule has 0 amide bonds. The maximum Gasteiger partial charge on any atom is 0.313 e. The van der Waals surface area contributed by atoms with Crippen molar-refractivity contribution in [2.45, 2.75) is 78.1 Å². The van der Waals surface area contributed by atoms with Crippen molar-refractivity contribution in [3.8, 4) is 0 Å². The van der Waals surface area contributed by atoms with Gasteiger partial charge in [-0.1, -0.05) is 64.5 Å². The zero-order valence-electron chi connectivity index (χ0n) is 15.4. The van der Waals surface area contributed by atoms with Crippen LogP contribution in [0, 0.1) is 11.8 Å². The molecule has 0 radical (unpaired) electrons. The summed E-state index contributed by atoms with van der Waals surface area (Å²) < 4.78 is 10.7. The van der Waals surface area contributed by atoms with E-state index in [2.05, 4.69) is 13.8 Å². The van der Waals surface area contributed by atoms with Crippen molar-refractivity contribution in [3.05, 3.63) is 12.2 Å². The Bertz CT molecular complexity index is 389. The molecular formula is C20H34O4. The highest BCUT2D eigenvalue weighted by molar-refractivity contribution is 5.83. The molecule has 1 aliphatic carbocycles. The van der Waals surface area contributed by atoms with E-state index in [1.165, 1.54) is 25.7 Å². The second-order valence-electron chi connectivity index (χ2n) is 6.59. The average Bonchev–Trinajstić information content (AvgIpc) is 2.61. The van der Waals surface area contributed by atoms with Crippen LogP contribution in [0.5, 0.6) is 0 Å². The molecule has 0 heterocycles. The molecule has 138 valence electrons. The fraction of sp³-hybridized carbons (Fsp3) is 0.800. The Morgan fingerprint density at radius 3 is 2.25 bits per heavy atom. The van der Waals surface area contributed by atoms with Crippen molar-refractivity contribution >= 4 is 11.9 Å². The highest BCUT2D eigenvalue weighted by Crippen LogP contribution is 2.27. The van der Waals surface area contributed by atoms with E-state index in [9.17, 15) is 9.59 Å². The number of carbonyl (C=O) groups is 2. The lowest BCUT2D eigenvalue weighted by molar-refractivity contribution is -0.159. The van der Waals surface area contributed by atoms with Gasteiger partial charge >= 0.3 is 11.9 Å². The van der Waals surface area contributed by atoms with Gasteiger partial charge in [-0.15, -0.1) is 0 Å². The van der Waals surface area contributed by atoms with Gasteiger partial charge in [0.2, 0.25) is 0 Å². The lowest BCUT2D eigenvalue weighted by Crippen LogP contribution is -2.33. The summed E-state index contributed by atoms with van der Waals surface area (Å²) in [6, 6.07) is 0. The van der Waals surface area contributed by atoms with Gasteiger partial charge in [-0.25, -0.2) is 0 Å². The van der Waals surface area contributed by atoms with Gasteiger partial charge in [-0.05, 0) is 25.7 Å². The molecule has 0 fully saturated rings. The van der Waals surface area contributed by atoms with Gasteiger partial charge in [-0.2, -0.15) is 0 Å². The molecule has 0 saturated heterocycles. The quantitative estimate of drug-likeness (QED) is 0.291. The molecule has 24 heavy (non-hydrogen) atoms. The topological polar surface area (TPSA) is 52.6 Å². The molecule has 2 unspecified atom stereocenters. The normalized spacial score (nSPS) is 19.9. The van der Waals surface area contributed by atoms with Crippen molar-refractivity contribution in [1.82, 2.24) is 0 Å². The smallest absolute Gasteiger partial charge is 0.313 e. The lowest BCUT2D eigenvalue weighted by Gasteiger charge is -2.24. The van der Waals surface area contributed by atoms with Crippen molar-refractivity contribution in [2.75, 3.05) is 13.2 Å². The summed E-state index contributed by atoms with van der Waals surface area (Å²) in [5.41, 5.74) is 0. The number of rotatable bonds is 12. The van der Waals surface area contributed by atoms with Crippen molar-refractivity contribution in [2.24, 2.45) is 11.8 Å². The standard InChI is InChI=1S/C20H34O4/c1-3-5-7-8-9-12-16-24-20(22)18-14-11-10-13-17(18)19(21)23-15-6-4-2/h10,13,17-18H,3-9,11-12,14-16H2,1-2H3.